The van der Waals surface area contributed by atoms with Crippen molar-refractivity contribution in [2.45, 2.75) is 135 Å². The lowest BCUT2D eigenvalue weighted by molar-refractivity contribution is -0.0318. The molecule has 0 aromatic rings. The minimum absolute atomic E-state index is 0.0501. The number of hydrogen-bond acceptors (Lipinski definition) is 3. The van der Waals surface area contributed by atoms with Crippen molar-refractivity contribution in [1.29, 1.82) is 0 Å². The van der Waals surface area contributed by atoms with Crippen molar-refractivity contribution < 1.29 is 14.6 Å². The molecule has 0 spiro atoms. The maximum Gasteiger partial charge on any atom is 0.0814 e. The standard InChI is InChI=1S/C24H48O3/c1-2-3-4-5-6-7-8-9-10-11-12-13-14-15-16-17-20-26-22-24-19-18-23(21-25)27-24/h23-25H,2-22H2,1H3/t23-,24-/m0/s1. The Kier molecular flexibility index (Phi) is 17.7. The van der Waals surface area contributed by atoms with Gasteiger partial charge in [0.15, 0.2) is 0 Å². The molecule has 2 atom stereocenters. The first-order chi connectivity index (χ1) is 13.4. The van der Waals surface area contributed by atoms with Crippen LogP contribution in [-0.2, 0) is 9.47 Å². The molecule has 1 N–H and O–H groups in total. The fourth-order valence-electron chi connectivity index (χ4n) is 4.00. The van der Waals surface area contributed by atoms with E-state index in [4.69, 9.17) is 14.6 Å². The average molecular weight is 385 g/mol. The number of aliphatic hydroxyl groups is 1. The molecule has 1 heterocycles. The lowest BCUT2D eigenvalue weighted by Crippen LogP contribution is -2.19. The van der Waals surface area contributed by atoms with Crippen LogP contribution in [-0.4, -0.2) is 37.1 Å². The van der Waals surface area contributed by atoms with Crippen molar-refractivity contribution in [3.8, 4) is 0 Å². The summed E-state index contributed by atoms with van der Waals surface area (Å²) in [5.74, 6) is 0. The van der Waals surface area contributed by atoms with Gasteiger partial charge in [-0.3, -0.25) is 0 Å². The smallest absolute Gasteiger partial charge is 0.0814 e. The quantitative estimate of drug-likeness (QED) is 0.234. The largest absolute Gasteiger partial charge is 0.394 e. The topological polar surface area (TPSA) is 38.7 Å². The van der Waals surface area contributed by atoms with Crippen molar-refractivity contribution in [1.82, 2.24) is 0 Å². The van der Waals surface area contributed by atoms with E-state index in [0.29, 0.717) is 6.61 Å². The fourth-order valence-corrected chi connectivity index (χ4v) is 4.00. The molecule has 0 aromatic carbocycles. The number of unbranched alkanes of at least 4 members (excludes halogenated alkanes) is 15. The summed E-state index contributed by atoms with van der Waals surface area (Å²) in [6.07, 6.45) is 24.7. The lowest BCUT2D eigenvalue weighted by Gasteiger charge is -2.12. The van der Waals surface area contributed by atoms with Crippen LogP contribution >= 0.6 is 0 Å². The Hall–Kier alpha value is -0.120. The Labute approximate surface area is 169 Å². The second-order valence-electron chi connectivity index (χ2n) is 8.52. The molecule has 0 amide bonds. The monoisotopic (exact) mass is 384 g/mol. The van der Waals surface area contributed by atoms with Gasteiger partial charge in [0.25, 0.3) is 0 Å². The Morgan fingerprint density at radius 3 is 1.56 bits per heavy atom. The second kappa shape index (κ2) is 19.2. The van der Waals surface area contributed by atoms with Gasteiger partial charge in [0.2, 0.25) is 0 Å². The van der Waals surface area contributed by atoms with Crippen LogP contribution in [0, 0.1) is 0 Å². The average Bonchev–Trinajstić information content (AvgIpc) is 3.15. The van der Waals surface area contributed by atoms with Gasteiger partial charge in [-0.15, -0.1) is 0 Å². The van der Waals surface area contributed by atoms with Crippen LogP contribution in [0.15, 0.2) is 0 Å². The molecule has 1 aliphatic heterocycles. The summed E-state index contributed by atoms with van der Waals surface area (Å²) in [5, 5.41) is 9.05. The van der Waals surface area contributed by atoms with Crippen LogP contribution in [0.2, 0.25) is 0 Å². The molecule has 3 nitrogen and oxygen atoms in total. The highest BCUT2D eigenvalue weighted by molar-refractivity contribution is 4.72. The maximum absolute atomic E-state index is 9.05. The van der Waals surface area contributed by atoms with Crippen molar-refractivity contribution >= 4 is 0 Å². The number of hydrogen-bond donors (Lipinski definition) is 1. The Bertz CT molecular complexity index is 295. The summed E-state index contributed by atoms with van der Waals surface area (Å²) < 4.78 is 11.4. The number of ether oxygens (including phenoxy) is 2. The number of rotatable bonds is 20. The zero-order chi connectivity index (χ0) is 19.4. The van der Waals surface area contributed by atoms with E-state index in [-0.39, 0.29) is 18.8 Å². The van der Waals surface area contributed by atoms with E-state index in [9.17, 15) is 0 Å². The highest BCUT2D eigenvalue weighted by atomic mass is 16.5. The molecule has 162 valence electrons. The molecular formula is C24H48O3. The Morgan fingerprint density at radius 2 is 1.11 bits per heavy atom. The molecule has 1 fully saturated rings. The van der Waals surface area contributed by atoms with Crippen molar-refractivity contribution in [2.75, 3.05) is 19.8 Å². The Balaban J connectivity index is 1.67. The van der Waals surface area contributed by atoms with E-state index in [1.54, 1.807) is 0 Å². The first-order valence-corrected chi connectivity index (χ1v) is 12.2. The molecular weight excluding hydrogens is 336 g/mol. The van der Waals surface area contributed by atoms with Gasteiger partial charge in [-0.25, -0.2) is 0 Å². The lowest BCUT2D eigenvalue weighted by atomic mass is 10.0. The first-order valence-electron chi connectivity index (χ1n) is 12.2. The van der Waals surface area contributed by atoms with E-state index in [2.05, 4.69) is 6.92 Å². The molecule has 0 unspecified atom stereocenters. The highest BCUT2D eigenvalue weighted by Crippen LogP contribution is 2.19. The van der Waals surface area contributed by atoms with Gasteiger partial charge < -0.3 is 14.6 Å². The summed E-state index contributed by atoms with van der Waals surface area (Å²) in [5.41, 5.74) is 0. The molecule has 1 rings (SSSR count). The van der Waals surface area contributed by atoms with E-state index >= 15 is 0 Å². The predicted molar refractivity (Wildman–Crippen MR) is 115 cm³/mol. The molecule has 0 aromatic heterocycles. The zero-order valence-electron chi connectivity index (χ0n) is 18.3. The summed E-state index contributed by atoms with van der Waals surface area (Å²) in [6.45, 7) is 4.00. The SMILES string of the molecule is CCCCCCCCCCCCCCCCCCOC[C@@H]1CC[C@@H](CO)O1. The van der Waals surface area contributed by atoms with Crippen molar-refractivity contribution in [3.05, 3.63) is 0 Å². The molecule has 1 saturated heterocycles. The van der Waals surface area contributed by atoms with E-state index in [0.717, 1.165) is 19.4 Å². The van der Waals surface area contributed by atoms with Gasteiger partial charge in [-0.05, 0) is 19.3 Å². The molecule has 3 heteroatoms. The highest BCUT2D eigenvalue weighted by Gasteiger charge is 2.24. The van der Waals surface area contributed by atoms with E-state index < -0.39 is 0 Å². The molecule has 0 radical (unpaired) electrons. The zero-order valence-corrected chi connectivity index (χ0v) is 18.3. The van der Waals surface area contributed by atoms with Crippen LogP contribution < -0.4 is 0 Å². The van der Waals surface area contributed by atoms with Crippen LogP contribution in [0.5, 0.6) is 0 Å². The molecule has 27 heavy (non-hydrogen) atoms. The van der Waals surface area contributed by atoms with Crippen molar-refractivity contribution in [2.24, 2.45) is 0 Å². The molecule has 0 bridgehead atoms. The van der Waals surface area contributed by atoms with E-state index in [1.165, 1.54) is 103 Å². The van der Waals surface area contributed by atoms with Gasteiger partial charge in [0.05, 0.1) is 25.4 Å². The fraction of sp³-hybridized carbons (Fsp3) is 1.00. The minimum Gasteiger partial charge on any atom is -0.394 e. The van der Waals surface area contributed by atoms with Gasteiger partial charge in [0, 0.05) is 6.61 Å². The van der Waals surface area contributed by atoms with Crippen LogP contribution in [0.25, 0.3) is 0 Å². The van der Waals surface area contributed by atoms with Gasteiger partial charge in [-0.1, -0.05) is 103 Å². The summed E-state index contributed by atoms with van der Waals surface area (Å²) in [4.78, 5) is 0. The second-order valence-corrected chi connectivity index (χ2v) is 8.52. The molecule has 0 saturated carbocycles. The number of aliphatic hydroxyl groups excluding tert-OH is 1. The maximum atomic E-state index is 9.05. The van der Waals surface area contributed by atoms with Crippen molar-refractivity contribution in [3.63, 3.8) is 0 Å². The molecule has 1 aliphatic rings. The first kappa shape index (κ1) is 24.9. The minimum atomic E-state index is 0.0501. The third-order valence-corrected chi connectivity index (χ3v) is 5.85. The molecule has 0 aliphatic carbocycles. The van der Waals surface area contributed by atoms with Crippen LogP contribution in [0.3, 0.4) is 0 Å². The normalized spacial score (nSPS) is 19.8. The summed E-state index contributed by atoms with van der Waals surface area (Å²) in [6, 6.07) is 0. The summed E-state index contributed by atoms with van der Waals surface area (Å²) in [7, 11) is 0. The Morgan fingerprint density at radius 1 is 0.667 bits per heavy atom. The van der Waals surface area contributed by atoms with Crippen LogP contribution in [0.4, 0.5) is 0 Å². The third-order valence-electron chi connectivity index (χ3n) is 5.85. The summed E-state index contributed by atoms with van der Waals surface area (Å²) >= 11 is 0. The van der Waals surface area contributed by atoms with Crippen LogP contribution in [0.1, 0.15) is 122 Å². The predicted octanol–water partition coefficient (Wildman–Crippen LogP) is 6.80. The third kappa shape index (κ3) is 15.5. The van der Waals surface area contributed by atoms with Gasteiger partial charge >= 0.3 is 0 Å². The van der Waals surface area contributed by atoms with Gasteiger partial charge in [0.1, 0.15) is 0 Å². The van der Waals surface area contributed by atoms with E-state index in [1.807, 2.05) is 0 Å². The van der Waals surface area contributed by atoms with Gasteiger partial charge in [-0.2, -0.15) is 0 Å².